The molecule has 0 aromatic heterocycles. The Kier molecular flexibility index (Phi) is 5.29. The van der Waals surface area contributed by atoms with Gasteiger partial charge in [-0.25, -0.2) is 0 Å². The molecule has 0 spiro atoms. The maximum atomic E-state index is 12.5. The summed E-state index contributed by atoms with van der Waals surface area (Å²) in [6.07, 6.45) is 3.46. The van der Waals surface area contributed by atoms with Gasteiger partial charge >= 0.3 is 0 Å². The number of nitrogens with zero attached hydrogens (tertiary/aromatic N) is 1. The fourth-order valence-electron chi connectivity index (χ4n) is 3.06. The average Bonchev–Trinajstić information content (AvgIpc) is 3.09. The number of carbonyl (C=O) groups is 1. The fraction of sp³-hybridized carbons (Fsp3) is 0.588. The zero-order chi connectivity index (χ0) is 15.2. The van der Waals surface area contributed by atoms with Crippen LogP contribution < -0.4 is 10.2 Å². The number of amides is 1. The Hall–Kier alpha value is -1.59. The molecule has 5 nitrogen and oxygen atoms in total. The quantitative estimate of drug-likeness (QED) is 0.901. The van der Waals surface area contributed by atoms with Crippen molar-refractivity contribution in [2.24, 2.45) is 0 Å². The third-order valence-corrected chi connectivity index (χ3v) is 4.28. The Morgan fingerprint density at radius 3 is 2.82 bits per heavy atom. The molecular formula is C17H24N2O3. The number of anilines is 1. The Labute approximate surface area is 131 Å². The van der Waals surface area contributed by atoms with Crippen LogP contribution in [0.3, 0.4) is 0 Å². The molecule has 1 N–H and O–H groups in total. The summed E-state index contributed by atoms with van der Waals surface area (Å²) in [5, 5.41) is 3.03. The Balaban J connectivity index is 1.59. The summed E-state index contributed by atoms with van der Waals surface area (Å²) in [5.74, 6) is 0.0000822. The van der Waals surface area contributed by atoms with Crippen molar-refractivity contribution in [2.45, 2.75) is 25.4 Å². The molecule has 2 heterocycles. The van der Waals surface area contributed by atoms with E-state index in [9.17, 15) is 4.79 Å². The van der Waals surface area contributed by atoms with E-state index in [-0.39, 0.29) is 5.91 Å². The lowest BCUT2D eigenvalue weighted by Crippen LogP contribution is -2.38. The number of rotatable bonds is 5. The van der Waals surface area contributed by atoms with Gasteiger partial charge in [0.05, 0.1) is 24.9 Å². The molecule has 1 aromatic rings. The van der Waals surface area contributed by atoms with Crippen LogP contribution in [0.4, 0.5) is 5.69 Å². The van der Waals surface area contributed by atoms with Gasteiger partial charge in [-0.2, -0.15) is 0 Å². The second-order valence-electron chi connectivity index (χ2n) is 5.80. The first-order valence-electron chi connectivity index (χ1n) is 8.16. The van der Waals surface area contributed by atoms with Gasteiger partial charge in [0.2, 0.25) is 0 Å². The van der Waals surface area contributed by atoms with Crippen LogP contribution in [-0.4, -0.2) is 51.5 Å². The van der Waals surface area contributed by atoms with Crippen molar-refractivity contribution in [2.75, 3.05) is 44.4 Å². The van der Waals surface area contributed by atoms with E-state index in [0.29, 0.717) is 12.6 Å². The monoisotopic (exact) mass is 304 g/mol. The Morgan fingerprint density at radius 1 is 1.23 bits per heavy atom. The van der Waals surface area contributed by atoms with Crippen molar-refractivity contribution in [1.29, 1.82) is 0 Å². The summed E-state index contributed by atoms with van der Waals surface area (Å²) in [4.78, 5) is 14.7. The predicted octanol–water partition coefficient (Wildman–Crippen LogP) is 1.82. The van der Waals surface area contributed by atoms with Crippen LogP contribution in [0.2, 0.25) is 0 Å². The summed E-state index contributed by atoms with van der Waals surface area (Å²) < 4.78 is 11.0. The summed E-state index contributed by atoms with van der Waals surface area (Å²) in [6, 6.07) is 7.80. The number of hydrogen-bond acceptors (Lipinski definition) is 4. The second kappa shape index (κ2) is 7.61. The first-order valence-corrected chi connectivity index (χ1v) is 8.16. The van der Waals surface area contributed by atoms with Gasteiger partial charge in [-0.1, -0.05) is 12.1 Å². The molecule has 2 aliphatic rings. The molecule has 1 aromatic carbocycles. The molecule has 1 unspecified atom stereocenters. The van der Waals surface area contributed by atoms with Gasteiger partial charge in [0.15, 0.2) is 0 Å². The van der Waals surface area contributed by atoms with Gasteiger partial charge in [-0.3, -0.25) is 4.79 Å². The van der Waals surface area contributed by atoms with Crippen LogP contribution in [0, 0.1) is 0 Å². The molecule has 1 atom stereocenters. The molecule has 0 saturated carbocycles. The largest absolute Gasteiger partial charge is 0.378 e. The predicted molar refractivity (Wildman–Crippen MR) is 85.4 cm³/mol. The van der Waals surface area contributed by atoms with Crippen LogP contribution in [-0.2, 0) is 9.47 Å². The summed E-state index contributed by atoms with van der Waals surface area (Å²) in [7, 11) is 0. The number of para-hydroxylation sites is 1. The number of hydrogen-bond donors (Lipinski definition) is 1. The van der Waals surface area contributed by atoms with E-state index in [4.69, 9.17) is 9.47 Å². The molecule has 22 heavy (non-hydrogen) atoms. The standard InChI is InChI=1S/C17H24N2O3/c20-17(18-8-7-14-4-3-11-22-14)15-5-1-2-6-16(15)19-9-12-21-13-10-19/h1-2,5-6,14H,3-4,7-13H2,(H,18,20). The van der Waals surface area contributed by atoms with Gasteiger partial charge in [0, 0.05) is 31.9 Å². The fourth-order valence-corrected chi connectivity index (χ4v) is 3.06. The smallest absolute Gasteiger partial charge is 0.253 e. The molecule has 0 radical (unpaired) electrons. The highest BCUT2D eigenvalue weighted by atomic mass is 16.5. The van der Waals surface area contributed by atoms with Crippen LogP contribution in [0.15, 0.2) is 24.3 Å². The SMILES string of the molecule is O=C(NCCC1CCCO1)c1ccccc1N1CCOCC1. The van der Waals surface area contributed by atoms with Gasteiger partial charge < -0.3 is 19.7 Å². The van der Waals surface area contributed by atoms with Crippen LogP contribution in [0.1, 0.15) is 29.6 Å². The Bertz CT molecular complexity index is 494. The van der Waals surface area contributed by atoms with E-state index < -0.39 is 0 Å². The lowest BCUT2D eigenvalue weighted by Gasteiger charge is -2.30. The van der Waals surface area contributed by atoms with Crippen LogP contribution in [0.25, 0.3) is 0 Å². The van der Waals surface area contributed by atoms with Crippen LogP contribution in [0.5, 0.6) is 0 Å². The van der Waals surface area contributed by atoms with E-state index >= 15 is 0 Å². The van der Waals surface area contributed by atoms with E-state index in [1.54, 1.807) is 0 Å². The number of benzene rings is 1. The zero-order valence-electron chi connectivity index (χ0n) is 12.9. The van der Waals surface area contributed by atoms with Gasteiger partial charge in [0.1, 0.15) is 0 Å². The third-order valence-electron chi connectivity index (χ3n) is 4.28. The van der Waals surface area contributed by atoms with E-state index in [2.05, 4.69) is 10.2 Å². The molecule has 2 saturated heterocycles. The summed E-state index contributed by atoms with van der Waals surface area (Å²) in [5.41, 5.74) is 1.75. The van der Waals surface area contributed by atoms with E-state index in [1.165, 1.54) is 0 Å². The van der Waals surface area contributed by atoms with Crippen LogP contribution >= 0.6 is 0 Å². The van der Waals surface area contributed by atoms with Gasteiger partial charge in [-0.15, -0.1) is 0 Å². The molecule has 0 bridgehead atoms. The van der Waals surface area contributed by atoms with Gasteiger partial charge in [-0.05, 0) is 31.4 Å². The molecule has 1 amide bonds. The van der Waals surface area contributed by atoms with Gasteiger partial charge in [0.25, 0.3) is 5.91 Å². The lowest BCUT2D eigenvalue weighted by molar-refractivity contribution is 0.0906. The minimum atomic E-state index is 0.0000822. The maximum absolute atomic E-state index is 12.5. The van der Waals surface area contributed by atoms with Crippen molar-refractivity contribution in [1.82, 2.24) is 5.32 Å². The molecule has 5 heteroatoms. The maximum Gasteiger partial charge on any atom is 0.253 e. The van der Waals surface area contributed by atoms with E-state index in [1.807, 2.05) is 24.3 Å². The lowest BCUT2D eigenvalue weighted by atomic mass is 10.1. The van der Waals surface area contributed by atoms with Crippen molar-refractivity contribution < 1.29 is 14.3 Å². The third kappa shape index (κ3) is 3.78. The average molecular weight is 304 g/mol. The number of carbonyl (C=O) groups excluding carboxylic acids is 1. The van der Waals surface area contributed by atoms with Crippen molar-refractivity contribution >= 4 is 11.6 Å². The molecule has 2 aliphatic heterocycles. The highest BCUT2D eigenvalue weighted by Gasteiger charge is 2.19. The number of nitrogens with one attached hydrogen (secondary N) is 1. The highest BCUT2D eigenvalue weighted by molar-refractivity contribution is 5.99. The van der Waals surface area contributed by atoms with Crippen molar-refractivity contribution in [3.63, 3.8) is 0 Å². The molecule has 120 valence electrons. The molecular weight excluding hydrogens is 280 g/mol. The highest BCUT2D eigenvalue weighted by Crippen LogP contribution is 2.21. The molecule has 2 fully saturated rings. The van der Waals surface area contributed by atoms with E-state index in [0.717, 1.165) is 63.4 Å². The molecule has 0 aliphatic carbocycles. The van der Waals surface area contributed by atoms with Crippen molar-refractivity contribution in [3.8, 4) is 0 Å². The zero-order valence-corrected chi connectivity index (χ0v) is 12.9. The first-order chi connectivity index (χ1) is 10.8. The Morgan fingerprint density at radius 2 is 2.05 bits per heavy atom. The second-order valence-corrected chi connectivity index (χ2v) is 5.80. The first kappa shape index (κ1) is 15.3. The topological polar surface area (TPSA) is 50.8 Å². The summed E-state index contributed by atoms with van der Waals surface area (Å²) >= 11 is 0. The number of ether oxygens (including phenoxy) is 2. The molecule has 3 rings (SSSR count). The minimum absolute atomic E-state index is 0.0000822. The van der Waals surface area contributed by atoms with Crippen molar-refractivity contribution in [3.05, 3.63) is 29.8 Å². The normalized spacial score (nSPS) is 21.8. The minimum Gasteiger partial charge on any atom is -0.378 e. The number of morpholine rings is 1. The summed E-state index contributed by atoms with van der Waals surface area (Å²) in [6.45, 7) is 4.63.